The number of aliphatic imine (C=N–C) groups is 1. The smallest absolute Gasteiger partial charge is 0.417 e. The fourth-order valence-corrected chi connectivity index (χ4v) is 4.20. The van der Waals surface area contributed by atoms with Gasteiger partial charge in [0.25, 0.3) is 0 Å². The molecule has 2 heterocycles. The van der Waals surface area contributed by atoms with Gasteiger partial charge in [-0.25, -0.2) is 23.5 Å². The van der Waals surface area contributed by atoms with Crippen molar-refractivity contribution in [1.82, 2.24) is 4.98 Å². The van der Waals surface area contributed by atoms with Gasteiger partial charge < -0.3 is 10.5 Å². The van der Waals surface area contributed by atoms with Crippen molar-refractivity contribution in [3.63, 3.8) is 0 Å². The molecule has 0 saturated carbocycles. The molecule has 0 saturated heterocycles. The maximum absolute atomic E-state index is 13.7. The van der Waals surface area contributed by atoms with Gasteiger partial charge in [-0.2, -0.15) is 17.6 Å². The monoisotopic (exact) mass is 486 g/mol. The summed E-state index contributed by atoms with van der Waals surface area (Å²) < 4.78 is 84.0. The highest BCUT2D eigenvalue weighted by Crippen LogP contribution is 2.45. The summed E-state index contributed by atoms with van der Waals surface area (Å²) in [5.74, 6) is -2.19. The van der Waals surface area contributed by atoms with Crippen LogP contribution in [0.15, 0.2) is 57.4 Å². The summed E-state index contributed by atoms with van der Waals surface area (Å²) >= 11 is 0. The van der Waals surface area contributed by atoms with Crippen molar-refractivity contribution >= 4 is 22.1 Å². The molecule has 176 valence electrons. The van der Waals surface area contributed by atoms with E-state index in [0.29, 0.717) is 6.21 Å². The fraction of sp³-hybridized carbons (Fsp3) is 0.250. The number of nitrogens with zero attached hydrogens (tertiary/aromatic N) is 2. The molecule has 0 fully saturated rings. The molecular weight excluding hydrogens is 468 g/mol. The number of dihydropyridines is 1. The number of halogens is 4. The second kappa shape index (κ2) is 8.23. The van der Waals surface area contributed by atoms with Gasteiger partial charge in [-0.15, -0.1) is 0 Å². The van der Waals surface area contributed by atoms with Crippen LogP contribution in [-0.4, -0.2) is 37.9 Å². The highest BCUT2D eigenvalue weighted by molar-refractivity contribution is 7.89. The first-order valence-corrected chi connectivity index (χ1v) is 10.8. The highest BCUT2D eigenvalue weighted by Gasteiger charge is 2.55. The molecule has 2 unspecified atom stereocenters. The Kier molecular flexibility index (Phi) is 6.06. The van der Waals surface area contributed by atoms with E-state index in [-0.39, 0.29) is 17.0 Å². The number of hydrogen-bond donors (Lipinski definition) is 2. The van der Waals surface area contributed by atoms with Gasteiger partial charge in [-0.3, -0.25) is 4.79 Å². The van der Waals surface area contributed by atoms with Gasteiger partial charge in [0.15, 0.2) is 5.41 Å². The highest BCUT2D eigenvalue weighted by atomic mass is 32.2. The lowest BCUT2D eigenvalue weighted by atomic mass is 9.69. The van der Waals surface area contributed by atoms with Gasteiger partial charge in [0, 0.05) is 6.21 Å². The maximum Gasteiger partial charge on any atom is 0.417 e. The largest absolute Gasteiger partial charge is 0.465 e. The van der Waals surface area contributed by atoms with Gasteiger partial charge in [0.1, 0.15) is 5.75 Å². The zero-order chi connectivity index (χ0) is 24.8. The average molecular weight is 486 g/mol. The van der Waals surface area contributed by atoms with Crippen molar-refractivity contribution in [2.24, 2.45) is 15.9 Å². The van der Waals surface area contributed by atoms with Gasteiger partial charge >= 0.3 is 6.18 Å². The number of primary sulfonamides is 1. The molecule has 1 aromatic heterocycles. The number of hydrogen-bond acceptors (Lipinski definition) is 6. The third-order valence-corrected chi connectivity index (χ3v) is 6.17. The third kappa shape index (κ3) is 4.33. The molecule has 2 aromatic rings. The van der Waals surface area contributed by atoms with Crippen LogP contribution < -0.4 is 15.6 Å². The first-order valence-electron chi connectivity index (χ1n) is 9.23. The number of carbonyl (C=O) groups is 1. The van der Waals surface area contributed by atoms with Crippen molar-refractivity contribution in [3.8, 4) is 5.75 Å². The zero-order valence-electron chi connectivity index (χ0n) is 17.2. The van der Waals surface area contributed by atoms with Crippen molar-refractivity contribution in [2.45, 2.75) is 36.6 Å². The molecule has 8 nitrogen and oxygen atoms in total. The first kappa shape index (κ1) is 24.3. The number of aryl methyl sites for hydroxylation is 1. The van der Waals surface area contributed by atoms with Crippen LogP contribution >= 0.6 is 0 Å². The Hall–Kier alpha value is -3.32. The number of pyridine rings is 1. The Morgan fingerprint density at radius 2 is 1.85 bits per heavy atom. The van der Waals surface area contributed by atoms with Crippen molar-refractivity contribution < 1.29 is 35.5 Å². The van der Waals surface area contributed by atoms with E-state index in [1.807, 2.05) is 0 Å². The topological polar surface area (TPSA) is 138 Å². The van der Waals surface area contributed by atoms with Gasteiger partial charge in [0.2, 0.25) is 28.1 Å². The molecule has 1 aromatic carbocycles. The molecule has 2 atom stereocenters. The van der Waals surface area contributed by atoms with Crippen molar-refractivity contribution in [2.75, 3.05) is 0 Å². The number of benzene rings is 1. The second-order valence-electron chi connectivity index (χ2n) is 7.25. The molecular formula is C20H18F4N4O4S. The van der Waals surface area contributed by atoms with Gasteiger partial charge in [0.05, 0.1) is 16.2 Å². The van der Waals surface area contributed by atoms with E-state index in [2.05, 4.69) is 9.98 Å². The second-order valence-corrected chi connectivity index (χ2v) is 8.81. The number of aromatic nitrogens is 1. The first-order chi connectivity index (χ1) is 15.2. The van der Waals surface area contributed by atoms with Crippen LogP contribution in [0.5, 0.6) is 5.75 Å². The van der Waals surface area contributed by atoms with Gasteiger partial charge in [-0.1, -0.05) is 12.1 Å². The van der Waals surface area contributed by atoms with E-state index < -0.39 is 55.7 Å². The SMILES string of the molecule is CC1=C(C(F)(F)F)C=NC(Oc2ccc(F)nc2C)C1(C(N)=O)c1cccc(S(N)(=O)=O)c1. The van der Waals surface area contributed by atoms with E-state index in [9.17, 15) is 30.8 Å². The molecule has 1 aliphatic rings. The van der Waals surface area contributed by atoms with E-state index in [4.69, 9.17) is 15.6 Å². The van der Waals surface area contributed by atoms with E-state index in [0.717, 1.165) is 31.2 Å². The number of primary amides is 1. The lowest BCUT2D eigenvalue weighted by Gasteiger charge is -2.40. The van der Waals surface area contributed by atoms with E-state index in [1.54, 1.807) is 0 Å². The molecule has 0 spiro atoms. The molecule has 0 aliphatic carbocycles. The number of nitrogens with two attached hydrogens (primary N) is 2. The average Bonchev–Trinajstić information content (AvgIpc) is 2.68. The van der Waals surface area contributed by atoms with Crippen LogP contribution in [0.2, 0.25) is 0 Å². The summed E-state index contributed by atoms with van der Waals surface area (Å²) in [6, 6.07) is 6.56. The quantitative estimate of drug-likeness (QED) is 0.493. The molecule has 13 heteroatoms. The summed E-state index contributed by atoms with van der Waals surface area (Å²) in [6.07, 6.45) is -6.12. The predicted octanol–water partition coefficient (Wildman–Crippen LogP) is 2.27. The fourth-order valence-electron chi connectivity index (χ4n) is 3.64. The molecule has 4 N–H and O–H groups in total. The lowest BCUT2D eigenvalue weighted by Crippen LogP contribution is -2.55. The van der Waals surface area contributed by atoms with Crippen LogP contribution in [0.4, 0.5) is 17.6 Å². The Bertz CT molecular complexity index is 1290. The standard InChI is InChI=1S/C20H18F4N4O4S/c1-10-14(20(22,23)24)9-27-18(32-15-6-7-16(21)28-11(15)2)19(10,17(25)29)12-4-3-5-13(8-12)33(26,30)31/h3-9,18H,1-2H3,(H2,25,29)(H2,26,30,31). The third-order valence-electron chi connectivity index (χ3n) is 5.26. The molecule has 0 bridgehead atoms. The minimum atomic E-state index is -4.91. The summed E-state index contributed by atoms with van der Waals surface area (Å²) in [5.41, 5.74) is 1.23. The van der Waals surface area contributed by atoms with Crippen molar-refractivity contribution in [3.05, 3.63) is 64.7 Å². The number of amides is 1. The Balaban J connectivity index is 2.33. The Morgan fingerprint density at radius 1 is 1.18 bits per heavy atom. The van der Waals surface area contributed by atoms with E-state index >= 15 is 0 Å². The lowest BCUT2D eigenvalue weighted by molar-refractivity contribution is -0.125. The van der Waals surface area contributed by atoms with Gasteiger partial charge in [-0.05, 0) is 49.2 Å². The van der Waals surface area contributed by atoms with Crippen LogP contribution in [0.25, 0.3) is 0 Å². The molecule has 3 rings (SSSR count). The summed E-state index contributed by atoms with van der Waals surface area (Å²) in [7, 11) is -4.29. The number of carbonyl (C=O) groups excluding carboxylic acids is 1. The Morgan fingerprint density at radius 3 is 2.39 bits per heavy atom. The molecule has 1 aliphatic heterocycles. The molecule has 1 amide bonds. The minimum absolute atomic E-state index is 0.0325. The number of rotatable bonds is 5. The van der Waals surface area contributed by atoms with Crippen LogP contribution in [0, 0.1) is 12.9 Å². The molecule has 0 radical (unpaired) electrons. The summed E-state index contributed by atoms with van der Waals surface area (Å²) in [6.45, 7) is 2.40. The van der Waals surface area contributed by atoms with E-state index in [1.165, 1.54) is 19.1 Å². The predicted molar refractivity (Wildman–Crippen MR) is 109 cm³/mol. The number of alkyl halides is 3. The summed E-state index contributed by atoms with van der Waals surface area (Å²) in [5, 5.41) is 5.16. The number of sulfonamides is 1. The summed E-state index contributed by atoms with van der Waals surface area (Å²) in [4.78, 5) is 19.8. The van der Waals surface area contributed by atoms with Crippen molar-refractivity contribution in [1.29, 1.82) is 0 Å². The number of ether oxygens (including phenoxy) is 1. The number of allylic oxidation sites excluding steroid dienone is 1. The minimum Gasteiger partial charge on any atom is -0.465 e. The van der Waals surface area contributed by atoms with Crippen LogP contribution in [-0.2, 0) is 20.2 Å². The molecule has 33 heavy (non-hydrogen) atoms. The maximum atomic E-state index is 13.7. The van der Waals surface area contributed by atoms with Crippen LogP contribution in [0.3, 0.4) is 0 Å². The zero-order valence-corrected chi connectivity index (χ0v) is 18.0. The Labute approximate surface area is 186 Å². The van der Waals surface area contributed by atoms with Crippen LogP contribution in [0.1, 0.15) is 18.2 Å². The normalized spacial score (nSPS) is 21.2.